The van der Waals surface area contributed by atoms with Gasteiger partial charge in [0.1, 0.15) is 6.04 Å². The summed E-state index contributed by atoms with van der Waals surface area (Å²) in [6, 6.07) is 2.78. The Balaban J connectivity index is 2.18. The highest BCUT2D eigenvalue weighted by atomic mass is 16.5. The Kier molecular flexibility index (Phi) is 4.55. The average Bonchev–Trinajstić information content (AvgIpc) is 2.53. The van der Waals surface area contributed by atoms with Crippen LogP contribution in [0.2, 0.25) is 0 Å². The van der Waals surface area contributed by atoms with Gasteiger partial charge in [-0.1, -0.05) is 0 Å². The number of amides is 1. The zero-order valence-corrected chi connectivity index (χ0v) is 11.7. The van der Waals surface area contributed by atoms with Crippen LogP contribution in [0.15, 0.2) is 18.3 Å². The summed E-state index contributed by atoms with van der Waals surface area (Å²) in [4.78, 5) is 29.8. The van der Waals surface area contributed by atoms with Gasteiger partial charge < -0.3 is 14.4 Å². The largest absolute Gasteiger partial charge is 0.481 e. The van der Waals surface area contributed by atoms with Crippen molar-refractivity contribution in [2.45, 2.75) is 25.3 Å². The molecule has 2 rings (SSSR count). The van der Waals surface area contributed by atoms with Crippen LogP contribution in [0.4, 0.5) is 0 Å². The predicted octanol–water partition coefficient (Wildman–Crippen LogP) is 1.26. The van der Waals surface area contributed by atoms with Gasteiger partial charge in [0.2, 0.25) is 5.88 Å². The lowest BCUT2D eigenvalue weighted by molar-refractivity contribution is -0.147. The van der Waals surface area contributed by atoms with E-state index in [1.165, 1.54) is 20.4 Å². The van der Waals surface area contributed by atoms with Crippen LogP contribution in [-0.2, 0) is 9.53 Å². The van der Waals surface area contributed by atoms with Crippen LogP contribution in [0.1, 0.15) is 29.6 Å². The minimum absolute atomic E-state index is 0.199. The molecule has 0 bridgehead atoms. The molecule has 20 heavy (non-hydrogen) atoms. The fraction of sp³-hybridized carbons (Fsp3) is 0.500. The van der Waals surface area contributed by atoms with Crippen LogP contribution in [0.5, 0.6) is 5.88 Å². The maximum atomic E-state index is 12.5. The Hall–Kier alpha value is -2.11. The van der Waals surface area contributed by atoms with Gasteiger partial charge in [-0.05, 0) is 25.3 Å². The molecule has 0 N–H and O–H groups in total. The molecule has 1 saturated heterocycles. The number of pyridine rings is 1. The van der Waals surface area contributed by atoms with Gasteiger partial charge in [0.05, 0.1) is 19.8 Å². The second-order valence-electron chi connectivity index (χ2n) is 4.62. The van der Waals surface area contributed by atoms with E-state index in [9.17, 15) is 9.59 Å². The lowest BCUT2D eigenvalue weighted by atomic mass is 10.0. The summed E-state index contributed by atoms with van der Waals surface area (Å²) >= 11 is 0. The molecule has 0 spiro atoms. The highest BCUT2D eigenvalue weighted by molar-refractivity contribution is 5.96. The van der Waals surface area contributed by atoms with Crippen molar-refractivity contribution < 1.29 is 19.1 Å². The molecule has 6 heteroatoms. The molecule has 0 radical (unpaired) electrons. The molecule has 108 valence electrons. The van der Waals surface area contributed by atoms with E-state index in [1.54, 1.807) is 17.0 Å². The molecule has 2 heterocycles. The van der Waals surface area contributed by atoms with Crippen LogP contribution in [0, 0.1) is 0 Å². The normalized spacial score (nSPS) is 18.5. The first-order valence-corrected chi connectivity index (χ1v) is 6.56. The maximum absolute atomic E-state index is 12.5. The van der Waals surface area contributed by atoms with Crippen LogP contribution in [0.25, 0.3) is 0 Å². The molecule has 1 atom stereocenters. The third-order valence-corrected chi connectivity index (χ3v) is 3.43. The van der Waals surface area contributed by atoms with E-state index < -0.39 is 6.04 Å². The molecule has 1 aromatic rings. The Morgan fingerprint density at radius 2 is 2.10 bits per heavy atom. The molecule has 0 unspecified atom stereocenters. The number of piperidine rings is 1. The van der Waals surface area contributed by atoms with Gasteiger partial charge in [0, 0.05) is 18.8 Å². The number of aromatic nitrogens is 1. The van der Waals surface area contributed by atoms with Crippen LogP contribution in [-0.4, -0.2) is 48.6 Å². The molecular weight excluding hydrogens is 260 g/mol. The van der Waals surface area contributed by atoms with Gasteiger partial charge in [0.25, 0.3) is 5.91 Å². The minimum atomic E-state index is -0.497. The second kappa shape index (κ2) is 6.36. The van der Waals surface area contributed by atoms with Crippen LogP contribution < -0.4 is 4.74 Å². The number of carbonyl (C=O) groups excluding carboxylic acids is 2. The van der Waals surface area contributed by atoms with E-state index in [-0.39, 0.29) is 11.9 Å². The fourth-order valence-electron chi connectivity index (χ4n) is 2.35. The standard InChI is InChI=1S/C14H18N2O4/c1-19-12-7-6-10(9-15-12)13(17)16-8-4-3-5-11(16)14(18)20-2/h6-7,9,11H,3-5,8H2,1-2H3/t11-/m1/s1. The third-order valence-electron chi connectivity index (χ3n) is 3.43. The van der Waals surface area contributed by atoms with E-state index in [4.69, 9.17) is 9.47 Å². The number of hydrogen-bond donors (Lipinski definition) is 0. The number of likely N-dealkylation sites (tertiary alicyclic amines) is 1. The lowest BCUT2D eigenvalue weighted by Gasteiger charge is -2.33. The summed E-state index contributed by atoms with van der Waals surface area (Å²) in [5.41, 5.74) is 0.446. The van der Waals surface area contributed by atoms with Crippen molar-refractivity contribution >= 4 is 11.9 Å². The molecule has 1 aromatic heterocycles. The predicted molar refractivity (Wildman–Crippen MR) is 71.5 cm³/mol. The molecule has 0 saturated carbocycles. The van der Waals surface area contributed by atoms with Gasteiger partial charge in [-0.25, -0.2) is 9.78 Å². The van der Waals surface area contributed by atoms with E-state index in [2.05, 4.69) is 4.98 Å². The Labute approximate surface area is 117 Å². The quantitative estimate of drug-likeness (QED) is 0.778. The monoisotopic (exact) mass is 278 g/mol. The van der Waals surface area contributed by atoms with Crippen molar-refractivity contribution in [2.75, 3.05) is 20.8 Å². The number of ether oxygens (including phenoxy) is 2. The van der Waals surface area contributed by atoms with Gasteiger partial charge in [-0.2, -0.15) is 0 Å². The maximum Gasteiger partial charge on any atom is 0.328 e. The summed E-state index contributed by atoms with van der Waals surface area (Å²) in [5, 5.41) is 0. The number of esters is 1. The molecule has 0 aromatic carbocycles. The Morgan fingerprint density at radius 3 is 2.70 bits per heavy atom. The van der Waals surface area contributed by atoms with Crippen molar-refractivity contribution in [3.63, 3.8) is 0 Å². The molecule has 1 amide bonds. The van der Waals surface area contributed by atoms with Crippen LogP contribution >= 0.6 is 0 Å². The molecular formula is C14H18N2O4. The summed E-state index contributed by atoms with van der Waals surface area (Å²) < 4.78 is 9.74. The summed E-state index contributed by atoms with van der Waals surface area (Å²) in [7, 11) is 2.86. The topological polar surface area (TPSA) is 68.7 Å². The number of nitrogens with zero attached hydrogens (tertiary/aromatic N) is 2. The highest BCUT2D eigenvalue weighted by Gasteiger charge is 2.33. The smallest absolute Gasteiger partial charge is 0.328 e. The first kappa shape index (κ1) is 14.3. The minimum Gasteiger partial charge on any atom is -0.481 e. The molecule has 0 aliphatic carbocycles. The second-order valence-corrected chi connectivity index (χ2v) is 4.62. The van der Waals surface area contributed by atoms with E-state index in [1.807, 2.05) is 0 Å². The first-order valence-electron chi connectivity index (χ1n) is 6.56. The van der Waals surface area contributed by atoms with Crippen molar-refractivity contribution in [3.8, 4) is 5.88 Å². The first-order chi connectivity index (χ1) is 9.67. The lowest BCUT2D eigenvalue weighted by Crippen LogP contribution is -2.48. The number of methoxy groups -OCH3 is 2. The molecule has 1 fully saturated rings. The van der Waals surface area contributed by atoms with Crippen molar-refractivity contribution in [3.05, 3.63) is 23.9 Å². The zero-order chi connectivity index (χ0) is 14.5. The average molecular weight is 278 g/mol. The SMILES string of the molecule is COC(=O)[C@H]1CCCCN1C(=O)c1ccc(OC)nc1. The van der Waals surface area contributed by atoms with Crippen LogP contribution in [0.3, 0.4) is 0 Å². The van der Waals surface area contributed by atoms with Crippen molar-refractivity contribution in [1.29, 1.82) is 0 Å². The number of hydrogen-bond acceptors (Lipinski definition) is 5. The van der Waals surface area contributed by atoms with E-state index in [0.717, 1.165) is 12.8 Å². The van der Waals surface area contributed by atoms with Gasteiger partial charge in [-0.3, -0.25) is 4.79 Å². The van der Waals surface area contributed by atoms with E-state index >= 15 is 0 Å². The van der Waals surface area contributed by atoms with Gasteiger partial charge in [-0.15, -0.1) is 0 Å². The number of rotatable bonds is 3. The molecule has 6 nitrogen and oxygen atoms in total. The zero-order valence-electron chi connectivity index (χ0n) is 11.7. The number of carbonyl (C=O) groups is 2. The summed E-state index contributed by atoms with van der Waals surface area (Å²) in [5.74, 6) is -0.112. The fourth-order valence-corrected chi connectivity index (χ4v) is 2.35. The highest BCUT2D eigenvalue weighted by Crippen LogP contribution is 2.21. The third kappa shape index (κ3) is 2.89. The van der Waals surface area contributed by atoms with Crippen molar-refractivity contribution in [2.24, 2.45) is 0 Å². The van der Waals surface area contributed by atoms with Gasteiger partial charge >= 0.3 is 5.97 Å². The molecule has 1 aliphatic rings. The van der Waals surface area contributed by atoms with Gasteiger partial charge in [0.15, 0.2) is 0 Å². The molecule has 1 aliphatic heterocycles. The van der Waals surface area contributed by atoms with Crippen molar-refractivity contribution in [1.82, 2.24) is 9.88 Å². The Bertz CT molecular complexity index is 486. The Morgan fingerprint density at radius 1 is 1.30 bits per heavy atom. The van der Waals surface area contributed by atoms with E-state index in [0.29, 0.717) is 24.4 Å². The summed E-state index contributed by atoms with van der Waals surface area (Å²) in [6.07, 6.45) is 3.92. The summed E-state index contributed by atoms with van der Waals surface area (Å²) in [6.45, 7) is 0.560.